The maximum atomic E-state index is 6.21. The normalized spacial score (nSPS) is 12.6. The van der Waals surface area contributed by atoms with Gasteiger partial charge in [0.15, 0.2) is 0 Å². The van der Waals surface area contributed by atoms with Crippen molar-refractivity contribution in [1.82, 2.24) is 19.7 Å². The standard InChI is InChI=1S/C14H21N5/c1-4-11-6-12(19(5-2)18-11)7-13(15)14-9-16-10(3)8-17-14/h6,8-9,13H,4-5,7,15H2,1-3H3. The number of aryl methyl sites for hydroxylation is 3. The fourth-order valence-corrected chi connectivity index (χ4v) is 2.05. The van der Waals surface area contributed by atoms with Crippen molar-refractivity contribution in [2.75, 3.05) is 0 Å². The number of nitrogens with two attached hydrogens (primary N) is 1. The van der Waals surface area contributed by atoms with Gasteiger partial charge in [0.05, 0.1) is 29.3 Å². The third-order valence-corrected chi connectivity index (χ3v) is 3.19. The van der Waals surface area contributed by atoms with Crippen LogP contribution < -0.4 is 5.73 Å². The van der Waals surface area contributed by atoms with Gasteiger partial charge in [-0.25, -0.2) is 0 Å². The second-order valence-electron chi connectivity index (χ2n) is 4.69. The molecule has 0 saturated carbocycles. The predicted molar refractivity (Wildman–Crippen MR) is 74.7 cm³/mol. The molecule has 2 rings (SSSR count). The van der Waals surface area contributed by atoms with Crippen molar-refractivity contribution in [3.63, 3.8) is 0 Å². The average Bonchev–Trinajstić information content (AvgIpc) is 2.81. The first-order chi connectivity index (χ1) is 9.13. The van der Waals surface area contributed by atoms with Gasteiger partial charge in [-0.2, -0.15) is 5.10 Å². The average molecular weight is 259 g/mol. The van der Waals surface area contributed by atoms with E-state index in [0.717, 1.165) is 42.2 Å². The van der Waals surface area contributed by atoms with E-state index in [1.165, 1.54) is 0 Å². The van der Waals surface area contributed by atoms with Crippen LogP contribution in [0.15, 0.2) is 18.5 Å². The molecule has 2 heterocycles. The van der Waals surface area contributed by atoms with Crippen molar-refractivity contribution in [1.29, 1.82) is 0 Å². The summed E-state index contributed by atoms with van der Waals surface area (Å²) >= 11 is 0. The summed E-state index contributed by atoms with van der Waals surface area (Å²) in [5.74, 6) is 0. The van der Waals surface area contributed by atoms with E-state index in [2.05, 4.69) is 35.0 Å². The fourth-order valence-electron chi connectivity index (χ4n) is 2.05. The molecule has 0 spiro atoms. The second-order valence-corrected chi connectivity index (χ2v) is 4.69. The van der Waals surface area contributed by atoms with Gasteiger partial charge in [-0.15, -0.1) is 0 Å². The Kier molecular flexibility index (Phi) is 4.27. The van der Waals surface area contributed by atoms with Gasteiger partial charge >= 0.3 is 0 Å². The Hall–Kier alpha value is -1.75. The van der Waals surface area contributed by atoms with Crippen LogP contribution >= 0.6 is 0 Å². The molecule has 0 aliphatic heterocycles. The molecule has 1 unspecified atom stereocenters. The summed E-state index contributed by atoms with van der Waals surface area (Å²) in [7, 11) is 0. The van der Waals surface area contributed by atoms with Gasteiger partial charge in [0, 0.05) is 24.9 Å². The van der Waals surface area contributed by atoms with Crippen LogP contribution in [-0.4, -0.2) is 19.7 Å². The first-order valence-corrected chi connectivity index (χ1v) is 6.73. The van der Waals surface area contributed by atoms with Crippen LogP contribution in [0.3, 0.4) is 0 Å². The number of hydrogen-bond donors (Lipinski definition) is 1. The molecular weight excluding hydrogens is 238 g/mol. The minimum Gasteiger partial charge on any atom is -0.322 e. The molecule has 0 aromatic carbocycles. The van der Waals surface area contributed by atoms with E-state index < -0.39 is 0 Å². The fraction of sp³-hybridized carbons (Fsp3) is 0.500. The summed E-state index contributed by atoms with van der Waals surface area (Å²) in [4.78, 5) is 8.58. The third kappa shape index (κ3) is 3.17. The zero-order chi connectivity index (χ0) is 13.8. The Morgan fingerprint density at radius 3 is 2.63 bits per heavy atom. The van der Waals surface area contributed by atoms with E-state index in [4.69, 9.17) is 5.73 Å². The molecular formula is C14H21N5. The zero-order valence-corrected chi connectivity index (χ0v) is 11.8. The topological polar surface area (TPSA) is 69.6 Å². The maximum Gasteiger partial charge on any atom is 0.0758 e. The van der Waals surface area contributed by atoms with E-state index in [1.807, 2.05) is 11.6 Å². The number of hydrogen-bond acceptors (Lipinski definition) is 4. The lowest BCUT2D eigenvalue weighted by Gasteiger charge is -2.11. The number of rotatable bonds is 5. The molecule has 2 aromatic rings. The van der Waals surface area contributed by atoms with Crippen molar-refractivity contribution in [2.45, 2.75) is 46.2 Å². The first kappa shape index (κ1) is 13.7. The molecule has 0 aliphatic carbocycles. The summed E-state index contributed by atoms with van der Waals surface area (Å²) in [6.45, 7) is 6.98. The zero-order valence-electron chi connectivity index (χ0n) is 11.8. The van der Waals surface area contributed by atoms with Gasteiger partial charge in [0.25, 0.3) is 0 Å². The summed E-state index contributed by atoms with van der Waals surface area (Å²) < 4.78 is 2.01. The molecule has 0 radical (unpaired) electrons. The van der Waals surface area contributed by atoms with Gasteiger partial charge in [-0.3, -0.25) is 14.6 Å². The van der Waals surface area contributed by atoms with Gasteiger partial charge in [-0.1, -0.05) is 6.92 Å². The van der Waals surface area contributed by atoms with E-state index in [1.54, 1.807) is 12.4 Å². The SMILES string of the molecule is CCc1cc(CC(N)c2cnc(C)cn2)n(CC)n1. The Morgan fingerprint density at radius 2 is 2.05 bits per heavy atom. The van der Waals surface area contributed by atoms with Crippen LogP contribution in [0.4, 0.5) is 0 Å². The minimum absolute atomic E-state index is 0.139. The lowest BCUT2D eigenvalue weighted by atomic mass is 10.1. The van der Waals surface area contributed by atoms with Crippen molar-refractivity contribution < 1.29 is 0 Å². The molecule has 5 nitrogen and oxygen atoms in total. The lowest BCUT2D eigenvalue weighted by Crippen LogP contribution is -2.17. The van der Waals surface area contributed by atoms with Crippen molar-refractivity contribution in [3.05, 3.63) is 41.2 Å². The molecule has 19 heavy (non-hydrogen) atoms. The van der Waals surface area contributed by atoms with Crippen LogP contribution in [-0.2, 0) is 19.4 Å². The predicted octanol–water partition coefficient (Wildman–Crippen LogP) is 1.81. The van der Waals surface area contributed by atoms with E-state index in [-0.39, 0.29) is 6.04 Å². The lowest BCUT2D eigenvalue weighted by molar-refractivity contribution is 0.579. The summed E-state index contributed by atoms with van der Waals surface area (Å²) in [5.41, 5.74) is 10.2. The highest BCUT2D eigenvalue weighted by atomic mass is 15.3. The van der Waals surface area contributed by atoms with Crippen LogP contribution in [0.1, 0.15) is 42.7 Å². The Balaban J connectivity index is 2.15. The summed E-state index contributed by atoms with van der Waals surface area (Å²) in [6, 6.07) is 1.99. The third-order valence-electron chi connectivity index (χ3n) is 3.19. The molecule has 2 N–H and O–H groups in total. The molecule has 2 aromatic heterocycles. The molecule has 0 bridgehead atoms. The molecule has 102 valence electrons. The monoisotopic (exact) mass is 259 g/mol. The first-order valence-electron chi connectivity index (χ1n) is 6.73. The van der Waals surface area contributed by atoms with Gasteiger partial charge in [-0.05, 0) is 26.3 Å². The highest BCUT2D eigenvalue weighted by molar-refractivity contribution is 5.15. The molecule has 0 saturated heterocycles. The van der Waals surface area contributed by atoms with E-state index in [9.17, 15) is 0 Å². The molecule has 0 amide bonds. The van der Waals surface area contributed by atoms with Crippen LogP contribution in [0.25, 0.3) is 0 Å². The van der Waals surface area contributed by atoms with Crippen LogP contribution in [0, 0.1) is 6.92 Å². The second kappa shape index (κ2) is 5.93. The maximum absolute atomic E-state index is 6.21. The van der Waals surface area contributed by atoms with E-state index in [0.29, 0.717) is 0 Å². The van der Waals surface area contributed by atoms with Gasteiger partial charge < -0.3 is 5.73 Å². The molecule has 0 aliphatic rings. The van der Waals surface area contributed by atoms with Crippen LogP contribution in [0.2, 0.25) is 0 Å². The smallest absolute Gasteiger partial charge is 0.0758 e. The molecule has 0 fully saturated rings. The molecule has 1 atom stereocenters. The molecule has 5 heteroatoms. The van der Waals surface area contributed by atoms with Gasteiger partial charge in [0.1, 0.15) is 0 Å². The van der Waals surface area contributed by atoms with Crippen molar-refractivity contribution in [3.8, 4) is 0 Å². The minimum atomic E-state index is -0.139. The highest BCUT2D eigenvalue weighted by Gasteiger charge is 2.13. The van der Waals surface area contributed by atoms with Crippen molar-refractivity contribution >= 4 is 0 Å². The highest BCUT2D eigenvalue weighted by Crippen LogP contribution is 2.15. The summed E-state index contributed by atoms with van der Waals surface area (Å²) in [5, 5.41) is 4.53. The number of nitrogens with zero attached hydrogens (tertiary/aromatic N) is 4. The van der Waals surface area contributed by atoms with Crippen LogP contribution in [0.5, 0.6) is 0 Å². The van der Waals surface area contributed by atoms with E-state index >= 15 is 0 Å². The number of aromatic nitrogens is 4. The Bertz CT molecular complexity index is 529. The Labute approximate surface area is 113 Å². The van der Waals surface area contributed by atoms with Gasteiger partial charge in [0.2, 0.25) is 0 Å². The quantitative estimate of drug-likeness (QED) is 0.889. The Morgan fingerprint density at radius 1 is 1.26 bits per heavy atom. The van der Waals surface area contributed by atoms with Crippen molar-refractivity contribution in [2.24, 2.45) is 5.73 Å². The summed E-state index contributed by atoms with van der Waals surface area (Å²) in [6.07, 6.45) is 5.19. The largest absolute Gasteiger partial charge is 0.322 e.